The van der Waals surface area contributed by atoms with Gasteiger partial charge in [-0.25, -0.2) is 4.99 Å². The Morgan fingerprint density at radius 2 is 1.08 bits per heavy atom. The summed E-state index contributed by atoms with van der Waals surface area (Å²) in [6.07, 6.45) is 40.4. The summed E-state index contributed by atoms with van der Waals surface area (Å²) in [6.45, 7) is 8.66. The number of aliphatic hydroxyl groups excluding tert-OH is 1. The molecule has 224 valence electrons. The van der Waals surface area contributed by atoms with Gasteiger partial charge in [0.25, 0.3) is 0 Å². The Morgan fingerprint density at radius 3 is 1.55 bits per heavy atom. The smallest absolute Gasteiger partial charge is 0.185 e. The Balaban J connectivity index is 1.98. The van der Waals surface area contributed by atoms with E-state index in [0.29, 0.717) is 0 Å². The standard InChI is InChI=1S/C35H69N2O/c1-3-5-7-9-11-13-15-16-17-18-19-20-22-24-26-28-31-37(32-30-36-34-37)33-35(38)29-27-25-23-21-14-12-10-8-6-4-2/h16-17,34-35,38H,3-15,18-33H2,1-2H3/q+1/b17-16-. The monoisotopic (exact) mass is 534 g/mol. The van der Waals surface area contributed by atoms with Gasteiger partial charge in [0.2, 0.25) is 0 Å². The van der Waals surface area contributed by atoms with Crippen LogP contribution in [0.5, 0.6) is 0 Å². The van der Waals surface area contributed by atoms with E-state index in [9.17, 15) is 5.11 Å². The van der Waals surface area contributed by atoms with Gasteiger partial charge in [0.15, 0.2) is 6.34 Å². The van der Waals surface area contributed by atoms with Crippen molar-refractivity contribution in [1.29, 1.82) is 0 Å². The highest BCUT2D eigenvalue weighted by molar-refractivity contribution is 5.48. The highest BCUT2D eigenvalue weighted by Gasteiger charge is 2.31. The van der Waals surface area contributed by atoms with E-state index < -0.39 is 0 Å². The number of nitrogens with zero attached hydrogens (tertiary/aromatic N) is 2. The second kappa shape index (κ2) is 26.5. The second-order valence-electron chi connectivity index (χ2n) is 12.4. The maximum absolute atomic E-state index is 10.8. The number of hydrogen-bond donors (Lipinski definition) is 1. The quantitative estimate of drug-likeness (QED) is 0.0579. The van der Waals surface area contributed by atoms with E-state index in [1.807, 2.05) is 0 Å². The first kappa shape index (κ1) is 35.4. The lowest BCUT2D eigenvalue weighted by molar-refractivity contribution is -0.832. The van der Waals surface area contributed by atoms with Crippen molar-refractivity contribution in [2.24, 2.45) is 4.99 Å². The first-order valence-corrected chi connectivity index (χ1v) is 17.4. The summed E-state index contributed by atoms with van der Waals surface area (Å²) in [5, 5.41) is 10.8. The first-order valence-electron chi connectivity index (χ1n) is 17.4. The predicted molar refractivity (Wildman–Crippen MR) is 170 cm³/mol. The number of quaternary nitrogens is 1. The van der Waals surface area contributed by atoms with Gasteiger partial charge < -0.3 is 5.11 Å². The van der Waals surface area contributed by atoms with E-state index in [-0.39, 0.29) is 6.10 Å². The largest absolute Gasteiger partial charge is 0.387 e. The topological polar surface area (TPSA) is 32.6 Å². The number of aliphatic hydroxyl groups is 1. The molecule has 1 aliphatic rings. The van der Waals surface area contributed by atoms with Crippen LogP contribution in [0.1, 0.15) is 174 Å². The molecule has 38 heavy (non-hydrogen) atoms. The highest BCUT2D eigenvalue weighted by atomic mass is 16.3. The molecular weight excluding hydrogens is 464 g/mol. The summed E-state index contributed by atoms with van der Waals surface area (Å²) in [7, 11) is 0. The minimum absolute atomic E-state index is 0.164. The zero-order chi connectivity index (χ0) is 27.4. The van der Waals surface area contributed by atoms with Gasteiger partial charge in [-0.1, -0.05) is 142 Å². The average molecular weight is 534 g/mol. The maximum Gasteiger partial charge on any atom is 0.185 e. The third-order valence-corrected chi connectivity index (χ3v) is 8.58. The molecule has 0 amide bonds. The molecule has 0 aromatic heterocycles. The molecule has 0 radical (unpaired) electrons. The number of unbranched alkanes of at least 4 members (excludes halogenated alkanes) is 21. The van der Waals surface area contributed by atoms with Crippen LogP contribution >= 0.6 is 0 Å². The van der Waals surface area contributed by atoms with Crippen LogP contribution in [0, 0.1) is 0 Å². The van der Waals surface area contributed by atoms with Gasteiger partial charge in [0.1, 0.15) is 19.2 Å². The zero-order valence-electron chi connectivity index (χ0n) is 26.2. The first-order chi connectivity index (χ1) is 18.7. The molecule has 1 heterocycles. The summed E-state index contributed by atoms with van der Waals surface area (Å²) in [5.41, 5.74) is 0. The van der Waals surface area contributed by atoms with Crippen LogP contribution in [-0.2, 0) is 0 Å². The van der Waals surface area contributed by atoms with Crippen LogP contribution in [0.15, 0.2) is 17.1 Å². The minimum atomic E-state index is -0.164. The third-order valence-electron chi connectivity index (χ3n) is 8.58. The Kier molecular flexibility index (Phi) is 24.7. The predicted octanol–water partition coefficient (Wildman–Crippen LogP) is 10.6. The fraction of sp³-hybridized carbons (Fsp3) is 0.914. The van der Waals surface area contributed by atoms with Gasteiger partial charge in [-0.05, 0) is 44.9 Å². The van der Waals surface area contributed by atoms with Gasteiger partial charge in [-0.3, -0.25) is 4.48 Å². The van der Waals surface area contributed by atoms with E-state index >= 15 is 0 Å². The molecule has 0 aliphatic carbocycles. The lowest BCUT2D eigenvalue weighted by atomic mass is 10.0. The molecule has 0 spiro atoms. The molecule has 2 atom stereocenters. The second-order valence-corrected chi connectivity index (χ2v) is 12.4. The lowest BCUT2D eigenvalue weighted by Gasteiger charge is -2.32. The van der Waals surface area contributed by atoms with Crippen LogP contribution in [0.2, 0.25) is 0 Å². The molecular formula is C35H69N2O+. The van der Waals surface area contributed by atoms with Crippen LogP contribution in [0.3, 0.4) is 0 Å². The normalized spacial score (nSPS) is 18.2. The van der Waals surface area contributed by atoms with Crippen molar-refractivity contribution < 1.29 is 9.59 Å². The van der Waals surface area contributed by atoms with E-state index in [1.165, 1.54) is 161 Å². The molecule has 3 heteroatoms. The van der Waals surface area contributed by atoms with Crippen LogP contribution in [-0.4, -0.2) is 48.2 Å². The maximum atomic E-state index is 10.8. The number of rotatable bonds is 29. The molecule has 0 bridgehead atoms. The Hall–Kier alpha value is -0.670. The van der Waals surface area contributed by atoms with Crippen molar-refractivity contribution in [3.63, 3.8) is 0 Å². The SMILES string of the molecule is CCCCCCCC/C=C\CCCCCCCC[N+]1(CC(O)CCCCCCCCCCCC)C=NCC1. The van der Waals surface area contributed by atoms with E-state index in [1.54, 1.807) is 0 Å². The Morgan fingerprint density at radius 1 is 0.632 bits per heavy atom. The molecule has 0 saturated carbocycles. The Bertz CT molecular complexity index is 546. The van der Waals surface area contributed by atoms with Gasteiger partial charge >= 0.3 is 0 Å². The number of hydrogen-bond acceptors (Lipinski definition) is 2. The highest BCUT2D eigenvalue weighted by Crippen LogP contribution is 2.18. The molecule has 0 saturated heterocycles. The molecule has 1 aliphatic heterocycles. The van der Waals surface area contributed by atoms with E-state index in [0.717, 1.165) is 30.5 Å². The van der Waals surface area contributed by atoms with Crippen molar-refractivity contribution in [3.8, 4) is 0 Å². The Labute approximate surface area is 239 Å². The minimum Gasteiger partial charge on any atom is -0.387 e. The average Bonchev–Trinajstić information content (AvgIpc) is 3.37. The molecule has 1 rings (SSSR count). The number of allylic oxidation sites excluding steroid dienone is 2. The molecule has 3 nitrogen and oxygen atoms in total. The van der Waals surface area contributed by atoms with Crippen LogP contribution in [0.4, 0.5) is 0 Å². The van der Waals surface area contributed by atoms with Crippen molar-refractivity contribution in [3.05, 3.63) is 12.2 Å². The van der Waals surface area contributed by atoms with E-state index in [2.05, 4.69) is 37.3 Å². The van der Waals surface area contributed by atoms with Gasteiger partial charge in [0, 0.05) is 0 Å². The summed E-state index contributed by atoms with van der Waals surface area (Å²) in [5.74, 6) is 0. The fourth-order valence-corrected chi connectivity index (χ4v) is 6.00. The van der Waals surface area contributed by atoms with E-state index in [4.69, 9.17) is 0 Å². The van der Waals surface area contributed by atoms with Crippen molar-refractivity contribution >= 4 is 6.34 Å². The third kappa shape index (κ3) is 21.2. The van der Waals surface area contributed by atoms with Gasteiger partial charge in [-0.2, -0.15) is 0 Å². The summed E-state index contributed by atoms with van der Waals surface area (Å²) in [6, 6.07) is 0. The van der Waals surface area contributed by atoms with Gasteiger partial charge in [-0.15, -0.1) is 0 Å². The van der Waals surface area contributed by atoms with Crippen molar-refractivity contribution in [1.82, 2.24) is 0 Å². The lowest BCUT2D eigenvalue weighted by Crippen LogP contribution is -2.50. The van der Waals surface area contributed by atoms with Gasteiger partial charge in [0.05, 0.1) is 13.1 Å². The number of aliphatic imine (C=N–C) groups is 1. The summed E-state index contributed by atoms with van der Waals surface area (Å²) >= 11 is 0. The van der Waals surface area contributed by atoms with Crippen molar-refractivity contribution in [2.75, 3.05) is 26.2 Å². The molecule has 0 fully saturated rings. The van der Waals surface area contributed by atoms with Crippen molar-refractivity contribution in [2.45, 2.75) is 180 Å². The fourth-order valence-electron chi connectivity index (χ4n) is 6.00. The molecule has 2 unspecified atom stereocenters. The van der Waals surface area contributed by atoms with Crippen LogP contribution in [0.25, 0.3) is 0 Å². The summed E-state index contributed by atoms with van der Waals surface area (Å²) in [4.78, 5) is 4.57. The molecule has 1 N–H and O–H groups in total. The van der Waals surface area contributed by atoms with Crippen LogP contribution < -0.4 is 0 Å². The molecule has 0 aromatic rings. The molecule has 0 aromatic carbocycles. The summed E-state index contributed by atoms with van der Waals surface area (Å²) < 4.78 is 0.933. The zero-order valence-corrected chi connectivity index (χ0v) is 26.2.